The van der Waals surface area contributed by atoms with E-state index in [1.165, 1.54) is 5.56 Å². The Labute approximate surface area is 84.3 Å². The number of hydrogen-bond donors (Lipinski definition) is 1. The van der Waals surface area contributed by atoms with Crippen molar-refractivity contribution in [2.45, 2.75) is 25.3 Å². The van der Waals surface area contributed by atoms with Crippen LogP contribution >= 0.6 is 0 Å². The molecule has 0 aliphatic carbocycles. The lowest BCUT2D eigenvalue weighted by Crippen LogP contribution is -2.54. The van der Waals surface area contributed by atoms with Gasteiger partial charge in [0.1, 0.15) is 5.54 Å². The molecule has 0 spiro atoms. The molecule has 1 aliphatic heterocycles. The lowest BCUT2D eigenvalue weighted by molar-refractivity contribution is -0.0590. The molecule has 76 valence electrons. The molecule has 2 heterocycles. The Morgan fingerprint density at radius 3 is 2.71 bits per heavy atom. The van der Waals surface area contributed by atoms with Gasteiger partial charge in [0, 0.05) is 6.20 Å². The summed E-state index contributed by atoms with van der Waals surface area (Å²) in [6, 6.07) is 4.13. The number of ether oxygens (including phenoxy) is 1. The third-order valence-electron chi connectivity index (χ3n) is 2.68. The molecule has 2 N–H and O–H groups in total. The van der Waals surface area contributed by atoms with E-state index < -0.39 is 0 Å². The molecular weight excluding hydrogens is 176 g/mol. The largest absolute Gasteiger partial charge is 0.377 e. The maximum atomic E-state index is 6.11. The zero-order chi connectivity index (χ0) is 10.2. The third kappa shape index (κ3) is 1.53. The van der Waals surface area contributed by atoms with Gasteiger partial charge in [0.15, 0.2) is 0 Å². The first-order valence-corrected chi connectivity index (χ1v) is 4.95. The number of nitrogens with two attached hydrogens (primary N) is 1. The predicted molar refractivity (Wildman–Crippen MR) is 55.0 cm³/mol. The number of nitrogens with zero attached hydrogens (tertiary/aromatic N) is 1. The quantitative estimate of drug-likeness (QED) is 0.770. The topological polar surface area (TPSA) is 48.1 Å². The van der Waals surface area contributed by atoms with Gasteiger partial charge in [0.2, 0.25) is 0 Å². The van der Waals surface area contributed by atoms with E-state index in [0.29, 0.717) is 19.1 Å². The lowest BCUT2D eigenvalue weighted by Gasteiger charge is -2.37. The summed E-state index contributed by atoms with van der Waals surface area (Å²) in [5, 5.41) is 0. The maximum absolute atomic E-state index is 6.11. The molecule has 0 atom stereocenters. The molecule has 0 bridgehead atoms. The van der Waals surface area contributed by atoms with E-state index in [-0.39, 0.29) is 5.54 Å². The SMILES string of the molecule is CC(C)c1ccnc(C2(N)COC2)c1. The molecule has 3 heteroatoms. The van der Waals surface area contributed by atoms with Crippen LogP contribution in [0.4, 0.5) is 0 Å². The zero-order valence-corrected chi connectivity index (χ0v) is 8.66. The van der Waals surface area contributed by atoms with Gasteiger partial charge in [-0.25, -0.2) is 0 Å². The Bertz CT molecular complexity index is 332. The Morgan fingerprint density at radius 2 is 2.21 bits per heavy atom. The van der Waals surface area contributed by atoms with Gasteiger partial charge in [-0.3, -0.25) is 4.98 Å². The molecule has 1 fully saturated rings. The van der Waals surface area contributed by atoms with Gasteiger partial charge in [-0.2, -0.15) is 0 Å². The molecule has 14 heavy (non-hydrogen) atoms. The van der Waals surface area contributed by atoms with Crippen molar-refractivity contribution in [1.29, 1.82) is 0 Å². The maximum Gasteiger partial charge on any atom is 0.106 e. The van der Waals surface area contributed by atoms with Crippen LogP contribution in [-0.4, -0.2) is 18.2 Å². The molecule has 0 saturated carbocycles. The summed E-state index contributed by atoms with van der Waals surface area (Å²) in [6.07, 6.45) is 1.83. The van der Waals surface area contributed by atoms with Crippen molar-refractivity contribution in [2.75, 3.05) is 13.2 Å². The molecule has 1 saturated heterocycles. The summed E-state index contributed by atoms with van der Waals surface area (Å²) >= 11 is 0. The van der Waals surface area contributed by atoms with Gasteiger partial charge in [-0.1, -0.05) is 13.8 Å². The van der Waals surface area contributed by atoms with E-state index in [1.807, 2.05) is 12.3 Å². The van der Waals surface area contributed by atoms with E-state index >= 15 is 0 Å². The minimum Gasteiger partial charge on any atom is -0.377 e. The molecule has 1 aromatic rings. The Balaban J connectivity index is 2.30. The average Bonchev–Trinajstić information content (AvgIpc) is 2.14. The van der Waals surface area contributed by atoms with E-state index in [9.17, 15) is 0 Å². The minimum absolute atomic E-state index is 0.342. The van der Waals surface area contributed by atoms with Gasteiger partial charge in [-0.05, 0) is 23.6 Å². The normalized spacial score (nSPS) is 19.4. The summed E-state index contributed by atoms with van der Waals surface area (Å²) in [5.41, 5.74) is 8.00. The van der Waals surface area contributed by atoms with Crippen LogP contribution in [0.3, 0.4) is 0 Å². The van der Waals surface area contributed by atoms with Gasteiger partial charge in [0.25, 0.3) is 0 Å². The monoisotopic (exact) mass is 192 g/mol. The number of hydrogen-bond acceptors (Lipinski definition) is 3. The second-order valence-electron chi connectivity index (χ2n) is 4.28. The number of rotatable bonds is 2. The molecule has 1 aliphatic rings. The van der Waals surface area contributed by atoms with Crippen LogP contribution in [0.25, 0.3) is 0 Å². The predicted octanol–water partition coefficient (Wildman–Crippen LogP) is 1.39. The van der Waals surface area contributed by atoms with Crippen LogP contribution in [0.1, 0.15) is 31.0 Å². The van der Waals surface area contributed by atoms with Crippen molar-refractivity contribution in [1.82, 2.24) is 4.98 Å². The summed E-state index contributed by atoms with van der Waals surface area (Å²) < 4.78 is 5.13. The van der Waals surface area contributed by atoms with Crippen molar-refractivity contribution in [3.63, 3.8) is 0 Å². The highest BCUT2D eigenvalue weighted by Gasteiger charge is 2.37. The highest BCUT2D eigenvalue weighted by Crippen LogP contribution is 2.26. The first-order valence-electron chi connectivity index (χ1n) is 4.95. The summed E-state index contributed by atoms with van der Waals surface area (Å²) in [4.78, 5) is 4.31. The molecule has 2 rings (SSSR count). The standard InChI is InChI=1S/C11H16N2O/c1-8(2)9-3-4-13-10(5-9)11(12)6-14-7-11/h3-5,8H,6-7,12H2,1-2H3. The van der Waals surface area contributed by atoms with Crippen LogP contribution in [0.2, 0.25) is 0 Å². The molecule has 0 aromatic carbocycles. The number of pyridine rings is 1. The van der Waals surface area contributed by atoms with Crippen molar-refractivity contribution in [2.24, 2.45) is 5.73 Å². The van der Waals surface area contributed by atoms with Crippen molar-refractivity contribution in [3.05, 3.63) is 29.6 Å². The lowest BCUT2D eigenvalue weighted by atomic mass is 9.91. The van der Waals surface area contributed by atoms with Gasteiger partial charge in [0.05, 0.1) is 18.9 Å². The van der Waals surface area contributed by atoms with Gasteiger partial charge < -0.3 is 10.5 Å². The molecular formula is C11H16N2O. The van der Waals surface area contributed by atoms with Crippen molar-refractivity contribution < 1.29 is 4.74 Å². The minimum atomic E-state index is -0.342. The fraction of sp³-hybridized carbons (Fsp3) is 0.545. The highest BCUT2D eigenvalue weighted by molar-refractivity contribution is 5.26. The first-order chi connectivity index (χ1) is 6.62. The Hall–Kier alpha value is -0.930. The average molecular weight is 192 g/mol. The first kappa shape index (κ1) is 9.62. The second kappa shape index (κ2) is 3.33. The smallest absolute Gasteiger partial charge is 0.106 e. The van der Waals surface area contributed by atoms with E-state index in [0.717, 1.165) is 5.69 Å². The van der Waals surface area contributed by atoms with E-state index in [2.05, 4.69) is 24.9 Å². The van der Waals surface area contributed by atoms with Crippen LogP contribution in [0.5, 0.6) is 0 Å². The van der Waals surface area contributed by atoms with Crippen molar-refractivity contribution in [3.8, 4) is 0 Å². The fourth-order valence-electron chi connectivity index (χ4n) is 1.55. The molecule has 0 unspecified atom stereocenters. The van der Waals surface area contributed by atoms with Gasteiger partial charge in [-0.15, -0.1) is 0 Å². The van der Waals surface area contributed by atoms with Crippen LogP contribution < -0.4 is 5.73 Å². The Kier molecular flexibility index (Phi) is 2.29. The second-order valence-corrected chi connectivity index (χ2v) is 4.28. The summed E-state index contributed by atoms with van der Waals surface area (Å²) in [6.45, 7) is 5.50. The third-order valence-corrected chi connectivity index (χ3v) is 2.68. The summed E-state index contributed by atoms with van der Waals surface area (Å²) in [7, 11) is 0. The molecule has 0 amide bonds. The van der Waals surface area contributed by atoms with Crippen LogP contribution in [-0.2, 0) is 10.3 Å². The van der Waals surface area contributed by atoms with Gasteiger partial charge >= 0.3 is 0 Å². The zero-order valence-electron chi connectivity index (χ0n) is 8.66. The van der Waals surface area contributed by atoms with Crippen molar-refractivity contribution >= 4 is 0 Å². The molecule has 0 radical (unpaired) electrons. The fourth-order valence-corrected chi connectivity index (χ4v) is 1.55. The highest BCUT2D eigenvalue weighted by atomic mass is 16.5. The molecule has 3 nitrogen and oxygen atoms in total. The van der Waals surface area contributed by atoms with E-state index in [1.54, 1.807) is 0 Å². The van der Waals surface area contributed by atoms with Crippen LogP contribution in [0, 0.1) is 0 Å². The Morgan fingerprint density at radius 1 is 1.50 bits per heavy atom. The number of aromatic nitrogens is 1. The summed E-state index contributed by atoms with van der Waals surface area (Å²) in [5.74, 6) is 0.515. The van der Waals surface area contributed by atoms with Crippen LogP contribution in [0.15, 0.2) is 18.3 Å². The van der Waals surface area contributed by atoms with E-state index in [4.69, 9.17) is 10.5 Å². The molecule has 1 aromatic heterocycles.